The van der Waals surface area contributed by atoms with Crippen LogP contribution in [0.15, 0.2) is 59.4 Å². The van der Waals surface area contributed by atoms with Gasteiger partial charge in [0.1, 0.15) is 10.7 Å². The van der Waals surface area contributed by atoms with Gasteiger partial charge in [0.25, 0.3) is 5.56 Å². The standard InChI is InChI=1S/C22H21N3O3S/c1-3-28-17-10-9-15(11-18(17)27-2)23-13-20-24-21(26)16-12-19(29-22(16)25-20)14-7-5-4-6-8-14/h4-12,23H,3,13H2,1-2H3,(H,24,25,26). The van der Waals surface area contributed by atoms with Crippen molar-refractivity contribution in [2.75, 3.05) is 19.0 Å². The van der Waals surface area contributed by atoms with Gasteiger partial charge in [-0.2, -0.15) is 0 Å². The maximum atomic E-state index is 12.5. The summed E-state index contributed by atoms with van der Waals surface area (Å²) >= 11 is 1.52. The highest BCUT2D eigenvalue weighted by atomic mass is 32.1. The molecule has 0 aliphatic heterocycles. The van der Waals surface area contributed by atoms with Gasteiger partial charge in [0, 0.05) is 16.6 Å². The molecule has 4 rings (SSSR count). The number of nitrogens with one attached hydrogen (secondary N) is 2. The smallest absolute Gasteiger partial charge is 0.259 e. The molecular formula is C22H21N3O3S. The normalized spacial score (nSPS) is 10.8. The highest BCUT2D eigenvalue weighted by Gasteiger charge is 2.11. The number of aromatic nitrogens is 2. The Morgan fingerprint density at radius 3 is 2.69 bits per heavy atom. The summed E-state index contributed by atoms with van der Waals surface area (Å²) < 4.78 is 10.9. The fraction of sp³-hybridized carbons (Fsp3) is 0.182. The maximum absolute atomic E-state index is 12.5. The largest absolute Gasteiger partial charge is 0.493 e. The number of ether oxygens (including phenoxy) is 2. The number of rotatable bonds is 7. The van der Waals surface area contributed by atoms with Crippen LogP contribution in [0.25, 0.3) is 20.7 Å². The van der Waals surface area contributed by atoms with E-state index in [4.69, 9.17) is 9.47 Å². The van der Waals surface area contributed by atoms with Gasteiger partial charge in [-0.3, -0.25) is 4.79 Å². The van der Waals surface area contributed by atoms with E-state index in [1.165, 1.54) is 11.3 Å². The molecule has 6 nitrogen and oxygen atoms in total. The molecule has 0 atom stereocenters. The molecule has 2 aromatic carbocycles. The molecular weight excluding hydrogens is 386 g/mol. The van der Waals surface area contributed by atoms with Crippen LogP contribution < -0.4 is 20.3 Å². The second-order valence-electron chi connectivity index (χ2n) is 6.36. The van der Waals surface area contributed by atoms with Crippen molar-refractivity contribution in [3.8, 4) is 21.9 Å². The lowest BCUT2D eigenvalue weighted by molar-refractivity contribution is 0.311. The van der Waals surface area contributed by atoms with Gasteiger partial charge in [-0.1, -0.05) is 30.3 Å². The van der Waals surface area contributed by atoms with E-state index in [1.54, 1.807) is 7.11 Å². The molecule has 2 aromatic heterocycles. The molecule has 0 aliphatic rings. The van der Waals surface area contributed by atoms with Crippen LogP contribution in [-0.4, -0.2) is 23.7 Å². The summed E-state index contributed by atoms with van der Waals surface area (Å²) in [5.41, 5.74) is 1.80. The predicted octanol–water partition coefficient (Wildman–Crippen LogP) is 4.67. The summed E-state index contributed by atoms with van der Waals surface area (Å²) in [5.74, 6) is 1.93. The quantitative estimate of drug-likeness (QED) is 0.466. The van der Waals surface area contributed by atoms with Crippen molar-refractivity contribution in [3.63, 3.8) is 0 Å². The summed E-state index contributed by atoms with van der Waals surface area (Å²) in [7, 11) is 1.61. The lowest BCUT2D eigenvalue weighted by atomic mass is 10.2. The van der Waals surface area contributed by atoms with E-state index in [1.807, 2.05) is 61.5 Å². The average molecular weight is 407 g/mol. The Hall–Kier alpha value is -3.32. The van der Waals surface area contributed by atoms with Crippen LogP contribution >= 0.6 is 11.3 Å². The molecule has 7 heteroatoms. The minimum atomic E-state index is -0.130. The topological polar surface area (TPSA) is 76.2 Å². The van der Waals surface area contributed by atoms with Gasteiger partial charge in [-0.25, -0.2) is 4.98 Å². The molecule has 0 radical (unpaired) electrons. The highest BCUT2D eigenvalue weighted by molar-refractivity contribution is 7.21. The van der Waals surface area contributed by atoms with Crippen LogP contribution in [0.3, 0.4) is 0 Å². The third-order valence-electron chi connectivity index (χ3n) is 4.43. The first kappa shape index (κ1) is 19.0. The van der Waals surface area contributed by atoms with Gasteiger partial charge in [-0.15, -0.1) is 11.3 Å². The van der Waals surface area contributed by atoms with E-state index in [2.05, 4.69) is 15.3 Å². The molecule has 0 bridgehead atoms. The zero-order chi connectivity index (χ0) is 20.2. The van der Waals surface area contributed by atoms with Crippen molar-refractivity contribution >= 4 is 27.2 Å². The average Bonchev–Trinajstić information content (AvgIpc) is 3.19. The van der Waals surface area contributed by atoms with Gasteiger partial charge < -0.3 is 19.8 Å². The number of benzene rings is 2. The second kappa shape index (κ2) is 8.36. The van der Waals surface area contributed by atoms with E-state index in [-0.39, 0.29) is 5.56 Å². The zero-order valence-electron chi connectivity index (χ0n) is 16.2. The van der Waals surface area contributed by atoms with Crippen LogP contribution in [0.4, 0.5) is 5.69 Å². The van der Waals surface area contributed by atoms with Crippen LogP contribution in [0.1, 0.15) is 12.7 Å². The van der Waals surface area contributed by atoms with E-state index in [0.29, 0.717) is 35.9 Å². The summed E-state index contributed by atoms with van der Waals surface area (Å²) in [4.78, 5) is 21.8. The fourth-order valence-corrected chi connectivity index (χ4v) is 4.10. The number of H-pyrrole nitrogens is 1. The number of fused-ring (bicyclic) bond motifs is 1. The third-order valence-corrected chi connectivity index (χ3v) is 5.51. The molecule has 0 spiro atoms. The molecule has 0 fully saturated rings. The molecule has 29 heavy (non-hydrogen) atoms. The van der Waals surface area contributed by atoms with Crippen LogP contribution in [0, 0.1) is 0 Å². The van der Waals surface area contributed by atoms with Crippen molar-refractivity contribution in [1.29, 1.82) is 0 Å². The lowest BCUT2D eigenvalue weighted by Gasteiger charge is -2.12. The number of thiophene rings is 1. The van der Waals surface area contributed by atoms with E-state index >= 15 is 0 Å². The molecule has 0 aliphatic carbocycles. The molecule has 0 saturated carbocycles. The van der Waals surface area contributed by atoms with E-state index in [0.717, 1.165) is 21.0 Å². The monoisotopic (exact) mass is 407 g/mol. The van der Waals surface area contributed by atoms with E-state index < -0.39 is 0 Å². The summed E-state index contributed by atoms with van der Waals surface area (Å²) in [5, 5.41) is 3.88. The van der Waals surface area contributed by atoms with Crippen molar-refractivity contribution in [2.24, 2.45) is 0 Å². The number of hydrogen-bond acceptors (Lipinski definition) is 6. The molecule has 2 N–H and O–H groups in total. The molecule has 0 unspecified atom stereocenters. The van der Waals surface area contributed by atoms with Gasteiger partial charge >= 0.3 is 0 Å². The first-order valence-corrected chi connectivity index (χ1v) is 10.1. The lowest BCUT2D eigenvalue weighted by Crippen LogP contribution is -2.13. The second-order valence-corrected chi connectivity index (χ2v) is 7.39. The zero-order valence-corrected chi connectivity index (χ0v) is 17.0. The SMILES string of the molecule is CCOc1ccc(NCc2nc3sc(-c4ccccc4)cc3c(=O)[nH]2)cc1OC. The maximum Gasteiger partial charge on any atom is 0.259 e. The summed E-state index contributed by atoms with van der Waals surface area (Å²) in [6, 6.07) is 17.5. The Morgan fingerprint density at radius 2 is 1.93 bits per heavy atom. The third kappa shape index (κ3) is 4.09. The number of aromatic amines is 1. The van der Waals surface area contributed by atoms with Gasteiger partial charge in [0.2, 0.25) is 0 Å². The summed E-state index contributed by atoms with van der Waals surface area (Å²) in [6.07, 6.45) is 0. The number of anilines is 1. The minimum Gasteiger partial charge on any atom is -0.493 e. The van der Waals surface area contributed by atoms with Gasteiger partial charge in [-0.05, 0) is 30.7 Å². The van der Waals surface area contributed by atoms with Crippen molar-refractivity contribution in [2.45, 2.75) is 13.5 Å². The molecule has 0 saturated heterocycles. The van der Waals surface area contributed by atoms with Crippen LogP contribution in [-0.2, 0) is 6.54 Å². The van der Waals surface area contributed by atoms with Crippen LogP contribution in [0.5, 0.6) is 11.5 Å². The molecule has 2 heterocycles. The predicted molar refractivity (Wildman–Crippen MR) is 117 cm³/mol. The molecule has 4 aromatic rings. The molecule has 148 valence electrons. The molecule has 0 amide bonds. The Kier molecular flexibility index (Phi) is 5.48. The highest BCUT2D eigenvalue weighted by Crippen LogP contribution is 2.31. The minimum absolute atomic E-state index is 0.130. The van der Waals surface area contributed by atoms with Gasteiger partial charge in [0.15, 0.2) is 11.5 Å². The number of hydrogen-bond donors (Lipinski definition) is 2. The van der Waals surface area contributed by atoms with Crippen molar-refractivity contribution < 1.29 is 9.47 Å². The van der Waals surface area contributed by atoms with Gasteiger partial charge in [0.05, 0.1) is 25.6 Å². The Labute approximate surface area is 172 Å². The van der Waals surface area contributed by atoms with E-state index in [9.17, 15) is 4.79 Å². The number of methoxy groups -OCH3 is 1. The van der Waals surface area contributed by atoms with Crippen molar-refractivity contribution in [1.82, 2.24) is 9.97 Å². The fourth-order valence-electron chi connectivity index (χ4n) is 3.04. The Bertz CT molecular complexity index is 1190. The van der Waals surface area contributed by atoms with Crippen molar-refractivity contribution in [3.05, 3.63) is 70.8 Å². The summed E-state index contributed by atoms with van der Waals surface area (Å²) in [6.45, 7) is 2.89. The van der Waals surface area contributed by atoms with Crippen LogP contribution in [0.2, 0.25) is 0 Å². The Balaban J connectivity index is 1.56. The first-order valence-electron chi connectivity index (χ1n) is 9.31. The Morgan fingerprint density at radius 1 is 1.10 bits per heavy atom. The first-order chi connectivity index (χ1) is 14.2. The number of nitrogens with zero attached hydrogens (tertiary/aromatic N) is 1.